The number of methoxy groups -OCH3 is 2. The van der Waals surface area contributed by atoms with Gasteiger partial charge in [-0.2, -0.15) is 0 Å². The summed E-state index contributed by atoms with van der Waals surface area (Å²) in [6, 6.07) is 12.3. The summed E-state index contributed by atoms with van der Waals surface area (Å²) in [5, 5.41) is 2.90. The van der Waals surface area contributed by atoms with Crippen molar-refractivity contribution in [2.75, 3.05) is 14.2 Å². The van der Waals surface area contributed by atoms with E-state index in [0.29, 0.717) is 0 Å². The van der Waals surface area contributed by atoms with Crippen LogP contribution in [0, 0.1) is 19.0 Å². The summed E-state index contributed by atoms with van der Waals surface area (Å²) < 4.78 is 22.8. The second-order valence-corrected chi connectivity index (χ2v) is 48.2. The van der Waals surface area contributed by atoms with Crippen molar-refractivity contribution in [3.8, 4) is 21.6 Å². The summed E-state index contributed by atoms with van der Waals surface area (Å²) >= 11 is 13.2. The number of unbranched alkanes of at least 4 members (excludes halogenated alkanes) is 7. The highest BCUT2D eigenvalue weighted by atomic mass is 127. The minimum Gasteiger partial charge on any atom is -0.459 e. The van der Waals surface area contributed by atoms with Crippen molar-refractivity contribution in [2.24, 2.45) is 0 Å². The molecule has 13 heteroatoms. The van der Waals surface area contributed by atoms with E-state index in [-0.39, 0.29) is 6.10 Å². The van der Waals surface area contributed by atoms with Crippen molar-refractivity contribution < 1.29 is 14.3 Å². The molecule has 338 valence electrons. The molecule has 0 fully saturated rings. The van der Waals surface area contributed by atoms with Gasteiger partial charge in [0.1, 0.15) is 0 Å². The fraction of sp³-hybridized carbons (Fsp3) is 0.562. The second-order valence-electron chi connectivity index (χ2n) is 20.1. The van der Waals surface area contributed by atoms with Crippen LogP contribution in [0.5, 0.6) is 0 Å². The van der Waals surface area contributed by atoms with Crippen LogP contribution < -0.4 is 18.0 Å². The van der Waals surface area contributed by atoms with Gasteiger partial charge < -0.3 is 9.47 Å². The Morgan fingerprint density at radius 3 is 1.51 bits per heavy atom. The van der Waals surface area contributed by atoms with Gasteiger partial charge in [-0.3, -0.25) is 0 Å². The van der Waals surface area contributed by atoms with Gasteiger partial charge in [0.25, 0.3) is 0 Å². The molecule has 0 aliphatic heterocycles. The van der Waals surface area contributed by atoms with Crippen LogP contribution in [0.4, 0.5) is 0 Å². The molecule has 0 saturated heterocycles. The first-order valence-corrected chi connectivity index (χ1v) is 41.5. The third kappa shape index (κ3) is 16.6. The Bertz CT molecular complexity index is 2180. The summed E-state index contributed by atoms with van der Waals surface area (Å²) in [6.07, 6.45) is 12.1. The Labute approximate surface area is 418 Å². The van der Waals surface area contributed by atoms with Gasteiger partial charge >= 0.3 is 5.97 Å². The fourth-order valence-electron chi connectivity index (χ4n) is 6.48. The van der Waals surface area contributed by atoms with Crippen LogP contribution in [0.15, 0.2) is 30.3 Å². The van der Waals surface area contributed by atoms with Crippen LogP contribution >= 0.6 is 90.5 Å². The standard InChI is InChI=1S/C24H38OS2Si2.C14H20I2S2Si2.C10H16O2/c1-9-10-11-12-13-20(25-2)18-14-17-15-21(28(3,4)5)26-23(17)24-19(18)16-22(27-24)29(6,7)8;1-19(2,3)11-7-9(15)13(17-11)14-10(16)8-12(18-14)20(4,5)6;1-3-4-5-6-7-8-9-10(11)12-2/h14-16,20H,9-13H2,1-8H3;7-8H,1-6H3;3-7H2,1-2H3. The number of benzene rings is 1. The van der Waals surface area contributed by atoms with Crippen LogP contribution in [0.3, 0.4) is 0 Å². The number of esters is 1. The van der Waals surface area contributed by atoms with Crippen LogP contribution in [0.2, 0.25) is 78.6 Å². The summed E-state index contributed by atoms with van der Waals surface area (Å²) in [5.74, 6) is 4.73. The zero-order chi connectivity index (χ0) is 45.9. The topological polar surface area (TPSA) is 35.5 Å². The Balaban J connectivity index is 0.000000269. The molecule has 5 aromatic rings. The van der Waals surface area contributed by atoms with Gasteiger partial charge in [0.2, 0.25) is 0 Å². The molecule has 0 bridgehead atoms. The van der Waals surface area contributed by atoms with Crippen LogP contribution in [0.25, 0.3) is 29.9 Å². The highest BCUT2D eigenvalue weighted by molar-refractivity contribution is 14.1. The molecule has 3 nitrogen and oxygen atoms in total. The first-order valence-electron chi connectivity index (χ1n) is 22.1. The number of rotatable bonds is 16. The average molecular weight is 1190 g/mol. The first kappa shape index (κ1) is 55.2. The van der Waals surface area contributed by atoms with Gasteiger partial charge in [-0.15, -0.1) is 45.3 Å². The summed E-state index contributed by atoms with van der Waals surface area (Å²) in [6.45, 7) is 33.8. The normalized spacial score (nSPS) is 12.7. The lowest BCUT2D eigenvalue weighted by Crippen LogP contribution is -2.34. The van der Waals surface area contributed by atoms with Crippen molar-refractivity contribution in [3.05, 3.63) is 43.0 Å². The molecule has 61 heavy (non-hydrogen) atoms. The number of ether oxygens (including phenoxy) is 2. The zero-order valence-electron chi connectivity index (χ0n) is 40.1. The minimum absolute atomic E-state index is 0.207. The Hall–Kier alpha value is -0.142. The van der Waals surface area contributed by atoms with E-state index in [2.05, 4.69) is 207 Å². The summed E-state index contributed by atoms with van der Waals surface area (Å²) in [4.78, 5) is 13.5. The van der Waals surface area contributed by atoms with E-state index in [1.54, 1.807) is 18.0 Å². The van der Waals surface area contributed by atoms with Crippen molar-refractivity contribution in [2.45, 2.75) is 163 Å². The molecule has 4 aromatic heterocycles. The molecule has 4 heterocycles. The predicted octanol–water partition coefficient (Wildman–Crippen LogP) is 15.8. The first-order chi connectivity index (χ1) is 28.4. The third-order valence-electron chi connectivity index (χ3n) is 10.3. The van der Waals surface area contributed by atoms with E-state index in [9.17, 15) is 4.79 Å². The van der Waals surface area contributed by atoms with Gasteiger partial charge in [-0.25, -0.2) is 4.79 Å². The average Bonchev–Trinajstić information content (AvgIpc) is 3.97. The number of thiophene rings is 4. The van der Waals surface area contributed by atoms with Crippen LogP contribution in [-0.4, -0.2) is 52.5 Å². The molecule has 0 N–H and O–H groups in total. The van der Waals surface area contributed by atoms with Crippen LogP contribution in [-0.2, 0) is 14.3 Å². The monoisotopic (exact) mass is 1190 g/mol. The van der Waals surface area contributed by atoms with Gasteiger partial charge in [0, 0.05) is 26.6 Å². The molecule has 0 aliphatic rings. The van der Waals surface area contributed by atoms with E-state index >= 15 is 0 Å². The molecule has 5 rings (SSSR count). The fourth-order valence-corrected chi connectivity index (χ4v) is 21.9. The number of fused-ring (bicyclic) bond motifs is 3. The Morgan fingerprint density at radius 2 is 1.07 bits per heavy atom. The SMILES string of the molecule is CCCCCCC#CC(=O)OC.CCCCCCC(OC)c1cc2cc([Si](C)(C)C)sc2c2sc([Si](C)(C)C)cc12.C[Si](C)(C)c1cc(I)c(-c2sc([Si](C)(C)C)cc2I)s1. The maximum absolute atomic E-state index is 10.5. The second kappa shape index (κ2) is 24.6. The van der Waals surface area contributed by atoms with E-state index in [4.69, 9.17) is 4.74 Å². The third-order valence-corrected chi connectivity index (χ3v) is 32.0. The maximum Gasteiger partial charge on any atom is 0.384 e. The van der Waals surface area contributed by atoms with Gasteiger partial charge in [0.15, 0.2) is 0 Å². The van der Waals surface area contributed by atoms with Gasteiger partial charge in [0.05, 0.1) is 64.7 Å². The van der Waals surface area contributed by atoms with Crippen molar-refractivity contribution in [3.63, 3.8) is 0 Å². The van der Waals surface area contributed by atoms with E-state index < -0.39 is 38.3 Å². The zero-order valence-corrected chi connectivity index (χ0v) is 51.7. The van der Waals surface area contributed by atoms with E-state index in [1.165, 1.54) is 94.7 Å². The summed E-state index contributed by atoms with van der Waals surface area (Å²) in [5.41, 5.74) is 1.42. The van der Waals surface area contributed by atoms with E-state index in [0.717, 1.165) is 19.3 Å². The highest BCUT2D eigenvalue weighted by Gasteiger charge is 2.28. The van der Waals surface area contributed by atoms with Crippen LogP contribution in [0.1, 0.15) is 89.7 Å². The lowest BCUT2D eigenvalue weighted by atomic mass is 9.98. The largest absolute Gasteiger partial charge is 0.459 e. The molecule has 1 aromatic carbocycles. The molecule has 0 amide bonds. The number of carbonyl (C=O) groups is 1. The lowest BCUT2D eigenvalue weighted by molar-refractivity contribution is -0.133. The molecule has 0 saturated carbocycles. The number of hydrogen-bond acceptors (Lipinski definition) is 7. The quantitative estimate of drug-likeness (QED) is 0.0247. The molecule has 1 atom stereocenters. The molecule has 1 unspecified atom stereocenters. The molecule has 0 radical (unpaired) electrons. The minimum atomic E-state index is -1.35. The molecular formula is C48H74I2O3S4Si4. The predicted molar refractivity (Wildman–Crippen MR) is 309 cm³/mol. The number of hydrogen-bond donors (Lipinski definition) is 0. The smallest absolute Gasteiger partial charge is 0.384 e. The highest BCUT2D eigenvalue weighted by Crippen LogP contribution is 2.41. The Kier molecular flexibility index (Phi) is 22.2. The molecule has 0 aliphatic carbocycles. The van der Waals surface area contributed by atoms with Gasteiger partial charge in [-0.1, -0.05) is 143 Å². The maximum atomic E-state index is 10.5. The Morgan fingerprint density at radius 1 is 0.607 bits per heavy atom. The lowest BCUT2D eigenvalue weighted by Gasteiger charge is -2.17. The van der Waals surface area contributed by atoms with E-state index in [1.807, 2.05) is 29.8 Å². The van der Waals surface area contributed by atoms with Gasteiger partial charge in [-0.05, 0) is 123 Å². The molecule has 0 spiro atoms. The van der Waals surface area contributed by atoms with Crippen molar-refractivity contribution in [1.82, 2.24) is 0 Å². The van der Waals surface area contributed by atoms with Crippen molar-refractivity contribution in [1.29, 1.82) is 0 Å². The molecular weight excluding hydrogens is 1120 g/mol. The number of carbonyl (C=O) groups excluding carboxylic acids is 1. The number of halogens is 2. The van der Waals surface area contributed by atoms with Crippen molar-refractivity contribution >= 4 is 167 Å². The summed E-state index contributed by atoms with van der Waals surface area (Å²) in [7, 11) is -1.82.